The summed E-state index contributed by atoms with van der Waals surface area (Å²) in [5, 5.41) is 0. The molecule has 1 amide bonds. The zero-order chi connectivity index (χ0) is 29.0. The van der Waals surface area contributed by atoms with Gasteiger partial charge in [0.2, 0.25) is 5.82 Å². The van der Waals surface area contributed by atoms with Crippen LogP contribution in [0.1, 0.15) is 52.8 Å². The number of aromatic nitrogens is 2. The van der Waals surface area contributed by atoms with Gasteiger partial charge in [-0.1, -0.05) is 0 Å². The summed E-state index contributed by atoms with van der Waals surface area (Å²) in [6.07, 6.45) is -3.33. The Labute approximate surface area is 233 Å². The Morgan fingerprint density at radius 3 is 2.15 bits per heavy atom. The van der Waals surface area contributed by atoms with Crippen LogP contribution in [0.4, 0.5) is 29.6 Å². The van der Waals surface area contributed by atoms with Gasteiger partial charge in [-0.3, -0.25) is 14.6 Å². The Morgan fingerprint density at radius 1 is 1.00 bits per heavy atom. The first-order valence-corrected chi connectivity index (χ1v) is 14.1. The number of Topliss-reactive ketones (excluding diaryl/α,β-unsaturated/α-hetero) is 1. The first kappa shape index (κ1) is 28.8. The molecule has 5 heterocycles. The molecule has 4 fully saturated rings. The molecule has 0 N–H and O–H groups in total. The van der Waals surface area contributed by atoms with Crippen molar-refractivity contribution < 1.29 is 27.5 Å². The van der Waals surface area contributed by atoms with Crippen LogP contribution in [0.25, 0.3) is 0 Å². The number of anilines is 2. The number of halogens is 3. The van der Waals surface area contributed by atoms with E-state index < -0.39 is 23.1 Å². The number of likely N-dealkylation sites (tertiary alicyclic amines) is 1. The molecule has 1 spiro atoms. The highest BCUT2D eigenvalue weighted by molar-refractivity contribution is 5.91. The predicted molar refractivity (Wildman–Crippen MR) is 143 cm³/mol. The molecule has 4 saturated heterocycles. The summed E-state index contributed by atoms with van der Waals surface area (Å²) in [4.78, 5) is 42.7. The number of rotatable bonds is 3. The minimum absolute atomic E-state index is 0.0497. The number of alkyl halides is 3. The van der Waals surface area contributed by atoms with Gasteiger partial charge in [0.05, 0.1) is 5.54 Å². The second-order valence-corrected chi connectivity index (χ2v) is 12.5. The number of piperazine rings is 1. The van der Waals surface area contributed by atoms with Gasteiger partial charge in [-0.25, -0.2) is 14.8 Å². The average molecular weight is 568 g/mol. The van der Waals surface area contributed by atoms with E-state index in [0.29, 0.717) is 65.1 Å². The summed E-state index contributed by atoms with van der Waals surface area (Å²) >= 11 is 0. The standard InChI is InChI=1S/C27H40F3N7O3/c1-18-19(34-12-14-36(15-13-34)24(39)40-25(2,3)4)17-37(18)22-16-21(31-23(32-22)27(28,29)30)35-10-7-26(8-11-35)20(38)6-9-33(26)5/h16,18-19H,6-15,17H2,1-5H3/t18-,19-/m1/s1. The number of amides is 1. The average Bonchev–Trinajstić information content (AvgIpc) is 3.15. The first-order valence-electron chi connectivity index (χ1n) is 14.1. The number of piperidine rings is 1. The van der Waals surface area contributed by atoms with Crippen molar-refractivity contribution >= 4 is 23.5 Å². The highest BCUT2D eigenvalue weighted by Crippen LogP contribution is 2.38. The fourth-order valence-electron chi connectivity index (χ4n) is 6.43. The van der Waals surface area contributed by atoms with Crippen LogP contribution in [0, 0.1) is 0 Å². The Hall–Kier alpha value is -2.67. The molecular weight excluding hydrogens is 527 g/mol. The number of nitrogens with zero attached hydrogens (tertiary/aromatic N) is 7. The number of likely N-dealkylation sites (N-methyl/N-ethyl adjacent to an activating group) is 1. The topological polar surface area (TPSA) is 85.4 Å². The quantitative estimate of drug-likeness (QED) is 0.548. The van der Waals surface area contributed by atoms with E-state index in [1.807, 2.05) is 44.5 Å². The Balaban J connectivity index is 1.25. The highest BCUT2D eigenvalue weighted by atomic mass is 19.4. The van der Waals surface area contributed by atoms with E-state index in [0.717, 1.165) is 6.54 Å². The fourth-order valence-corrected chi connectivity index (χ4v) is 6.43. The van der Waals surface area contributed by atoms with Crippen LogP contribution in [-0.4, -0.2) is 119 Å². The maximum atomic E-state index is 13.8. The molecule has 0 radical (unpaired) electrons. The van der Waals surface area contributed by atoms with Crippen molar-refractivity contribution in [1.29, 1.82) is 0 Å². The molecule has 0 unspecified atom stereocenters. The van der Waals surface area contributed by atoms with Gasteiger partial charge in [0.1, 0.15) is 17.2 Å². The van der Waals surface area contributed by atoms with Crippen molar-refractivity contribution in [3.8, 4) is 0 Å². The second-order valence-electron chi connectivity index (χ2n) is 12.5. The number of hydrogen-bond donors (Lipinski definition) is 0. The summed E-state index contributed by atoms with van der Waals surface area (Å²) in [6, 6.07) is 1.75. The van der Waals surface area contributed by atoms with E-state index in [2.05, 4.69) is 19.8 Å². The maximum absolute atomic E-state index is 13.8. The summed E-state index contributed by atoms with van der Waals surface area (Å²) in [6.45, 7) is 12.1. The summed E-state index contributed by atoms with van der Waals surface area (Å²) in [7, 11) is 1.95. The molecule has 0 bridgehead atoms. The minimum Gasteiger partial charge on any atom is -0.444 e. The third-order valence-corrected chi connectivity index (χ3v) is 8.95. The number of ether oxygens (including phenoxy) is 1. The molecule has 5 rings (SSSR count). The minimum atomic E-state index is -4.67. The van der Waals surface area contributed by atoms with Crippen LogP contribution in [-0.2, 0) is 15.7 Å². The molecule has 0 aliphatic carbocycles. The molecule has 10 nitrogen and oxygen atoms in total. The molecule has 1 aromatic rings. The molecule has 1 aromatic heterocycles. The molecular formula is C27H40F3N7O3. The molecule has 222 valence electrons. The van der Waals surface area contributed by atoms with Crippen LogP contribution in [0.2, 0.25) is 0 Å². The maximum Gasteiger partial charge on any atom is 0.451 e. The lowest BCUT2D eigenvalue weighted by Gasteiger charge is -2.53. The van der Waals surface area contributed by atoms with Gasteiger partial charge >= 0.3 is 12.3 Å². The monoisotopic (exact) mass is 567 g/mol. The zero-order valence-corrected chi connectivity index (χ0v) is 24.0. The van der Waals surface area contributed by atoms with Crippen molar-refractivity contribution in [2.75, 3.05) is 69.2 Å². The molecule has 4 aliphatic rings. The van der Waals surface area contributed by atoms with E-state index in [4.69, 9.17) is 4.74 Å². The van der Waals surface area contributed by atoms with Crippen molar-refractivity contribution in [3.05, 3.63) is 11.9 Å². The van der Waals surface area contributed by atoms with Crippen LogP contribution < -0.4 is 9.80 Å². The van der Waals surface area contributed by atoms with Gasteiger partial charge in [0.15, 0.2) is 5.78 Å². The van der Waals surface area contributed by atoms with Gasteiger partial charge in [-0.15, -0.1) is 0 Å². The van der Waals surface area contributed by atoms with Crippen molar-refractivity contribution in [2.24, 2.45) is 0 Å². The van der Waals surface area contributed by atoms with Crippen LogP contribution in [0.5, 0.6) is 0 Å². The lowest BCUT2D eigenvalue weighted by atomic mass is 9.84. The summed E-state index contributed by atoms with van der Waals surface area (Å²) in [5.41, 5.74) is -1.06. The molecule has 0 aromatic carbocycles. The lowest BCUT2D eigenvalue weighted by molar-refractivity contribution is -0.144. The van der Waals surface area contributed by atoms with Gasteiger partial charge in [-0.05, 0) is 47.6 Å². The molecule has 13 heteroatoms. The SMILES string of the molecule is C[C@@H]1[C@H](N2CCN(C(=O)OC(C)(C)C)CC2)CN1c1cc(N2CCC3(CC2)C(=O)CCN3C)nc(C(F)(F)F)n1. The summed E-state index contributed by atoms with van der Waals surface area (Å²) < 4.78 is 47.0. The third kappa shape index (κ3) is 5.46. The number of carbonyl (C=O) groups is 2. The molecule has 0 saturated carbocycles. The van der Waals surface area contributed by atoms with Gasteiger partial charge in [0, 0.05) is 76.9 Å². The lowest BCUT2D eigenvalue weighted by Crippen LogP contribution is -2.68. The highest BCUT2D eigenvalue weighted by Gasteiger charge is 2.49. The van der Waals surface area contributed by atoms with E-state index >= 15 is 0 Å². The van der Waals surface area contributed by atoms with Crippen LogP contribution >= 0.6 is 0 Å². The van der Waals surface area contributed by atoms with E-state index in [1.165, 1.54) is 0 Å². The van der Waals surface area contributed by atoms with Crippen molar-refractivity contribution in [3.63, 3.8) is 0 Å². The van der Waals surface area contributed by atoms with Gasteiger partial charge in [-0.2, -0.15) is 13.2 Å². The van der Waals surface area contributed by atoms with Crippen LogP contribution in [0.15, 0.2) is 6.07 Å². The second kappa shape index (κ2) is 10.3. The fraction of sp³-hybridized carbons (Fsp3) is 0.778. The Kier molecular flexibility index (Phi) is 7.43. The number of carbonyl (C=O) groups excluding carboxylic acids is 2. The van der Waals surface area contributed by atoms with Crippen LogP contribution in [0.3, 0.4) is 0 Å². The summed E-state index contributed by atoms with van der Waals surface area (Å²) in [5.74, 6) is -0.401. The number of ketones is 1. The van der Waals surface area contributed by atoms with Crippen molar-refractivity contribution in [1.82, 2.24) is 24.7 Å². The molecule has 2 atom stereocenters. The third-order valence-electron chi connectivity index (χ3n) is 8.95. The molecule has 4 aliphatic heterocycles. The van der Waals surface area contributed by atoms with Gasteiger partial charge < -0.3 is 19.4 Å². The molecule has 40 heavy (non-hydrogen) atoms. The Morgan fingerprint density at radius 2 is 1.62 bits per heavy atom. The Bertz CT molecular complexity index is 1130. The number of hydrogen-bond acceptors (Lipinski definition) is 9. The smallest absolute Gasteiger partial charge is 0.444 e. The first-order chi connectivity index (χ1) is 18.7. The largest absolute Gasteiger partial charge is 0.451 e. The van der Waals surface area contributed by atoms with Crippen molar-refractivity contribution in [2.45, 2.75) is 76.4 Å². The normalized spacial score (nSPS) is 26.4. The zero-order valence-electron chi connectivity index (χ0n) is 24.0. The van der Waals surface area contributed by atoms with E-state index in [1.54, 1.807) is 11.0 Å². The van der Waals surface area contributed by atoms with Gasteiger partial charge in [0.25, 0.3) is 0 Å². The predicted octanol–water partition coefficient (Wildman–Crippen LogP) is 2.87. The van der Waals surface area contributed by atoms with E-state index in [-0.39, 0.29) is 35.6 Å². The van der Waals surface area contributed by atoms with E-state index in [9.17, 15) is 22.8 Å².